The van der Waals surface area contributed by atoms with E-state index in [4.69, 9.17) is 14.2 Å². The van der Waals surface area contributed by atoms with Gasteiger partial charge in [-0.3, -0.25) is 0 Å². The van der Waals surface area contributed by atoms with E-state index >= 15 is 0 Å². The highest BCUT2D eigenvalue weighted by atomic mass is 19.3. The third-order valence-corrected chi connectivity index (χ3v) is 10.4. The van der Waals surface area contributed by atoms with Crippen LogP contribution >= 0.6 is 0 Å². The van der Waals surface area contributed by atoms with Gasteiger partial charge in [-0.25, -0.2) is 8.78 Å². The molecular weight excluding hydrogens is 568 g/mol. The standard InChI is InChI=1S/C37H56F4O3/c1-3-5-7-23-42-33-21-22-34(36(39)35(33)38)44-26-37(40,41)24-29-13-11-27(12-14-29)9-10-28-15-17-30(18-16-28)31-19-20-32(43-25-31)8-6-4-2/h9-10,21-22,27-32H,3-8,11-20,23-26H2,1-2H3/b10-9+. The highest BCUT2D eigenvalue weighted by Gasteiger charge is 2.36. The largest absolute Gasteiger partial charge is 0.490 e. The first-order valence-corrected chi connectivity index (χ1v) is 17.7. The second-order valence-corrected chi connectivity index (χ2v) is 13.9. The molecule has 1 aromatic carbocycles. The van der Waals surface area contributed by atoms with Crippen molar-refractivity contribution in [3.8, 4) is 11.5 Å². The second-order valence-electron chi connectivity index (χ2n) is 13.9. The van der Waals surface area contributed by atoms with Crippen molar-refractivity contribution in [2.45, 2.75) is 135 Å². The van der Waals surface area contributed by atoms with Crippen LogP contribution in [0.1, 0.15) is 123 Å². The van der Waals surface area contributed by atoms with E-state index in [9.17, 15) is 17.6 Å². The van der Waals surface area contributed by atoms with Gasteiger partial charge in [0, 0.05) is 6.42 Å². The molecule has 2 saturated carbocycles. The van der Waals surface area contributed by atoms with E-state index in [1.165, 1.54) is 69.9 Å². The monoisotopic (exact) mass is 624 g/mol. The van der Waals surface area contributed by atoms with E-state index in [0.717, 1.165) is 63.4 Å². The van der Waals surface area contributed by atoms with E-state index in [1.54, 1.807) is 0 Å². The van der Waals surface area contributed by atoms with Crippen molar-refractivity contribution in [2.75, 3.05) is 19.8 Å². The molecule has 4 rings (SSSR count). The summed E-state index contributed by atoms with van der Waals surface area (Å²) >= 11 is 0. The number of ether oxygens (including phenoxy) is 3. The third kappa shape index (κ3) is 10.9. The van der Waals surface area contributed by atoms with E-state index in [-0.39, 0.29) is 24.7 Å². The van der Waals surface area contributed by atoms with Gasteiger partial charge in [-0.05, 0) is 119 Å². The van der Waals surface area contributed by atoms with Crippen molar-refractivity contribution in [1.82, 2.24) is 0 Å². The Hall–Kier alpha value is -1.76. The summed E-state index contributed by atoms with van der Waals surface area (Å²) in [4.78, 5) is 0. The van der Waals surface area contributed by atoms with Crippen LogP contribution in [0.5, 0.6) is 11.5 Å². The number of benzene rings is 1. The van der Waals surface area contributed by atoms with Crippen molar-refractivity contribution in [3.05, 3.63) is 35.9 Å². The molecule has 1 heterocycles. The first-order valence-electron chi connectivity index (χ1n) is 17.7. The highest BCUT2D eigenvalue weighted by Crippen LogP contribution is 2.40. The molecule has 0 aromatic heterocycles. The van der Waals surface area contributed by atoms with Gasteiger partial charge < -0.3 is 14.2 Å². The van der Waals surface area contributed by atoms with Crippen molar-refractivity contribution in [2.24, 2.45) is 29.6 Å². The van der Waals surface area contributed by atoms with Gasteiger partial charge in [0.2, 0.25) is 11.6 Å². The molecule has 0 amide bonds. The fourth-order valence-corrected chi connectivity index (χ4v) is 7.50. The summed E-state index contributed by atoms with van der Waals surface area (Å²) in [5.41, 5.74) is 0. The van der Waals surface area contributed by atoms with Crippen molar-refractivity contribution >= 4 is 0 Å². The molecule has 0 N–H and O–H groups in total. The van der Waals surface area contributed by atoms with E-state index in [0.29, 0.717) is 17.9 Å². The summed E-state index contributed by atoms with van der Waals surface area (Å²) in [5.74, 6) is -3.77. The maximum atomic E-state index is 14.8. The maximum absolute atomic E-state index is 14.8. The zero-order chi connectivity index (χ0) is 31.4. The first kappa shape index (κ1) is 35.1. The molecule has 1 saturated heterocycles. The summed E-state index contributed by atoms with van der Waals surface area (Å²) in [5, 5.41) is 0. The number of halogens is 4. The Bertz CT molecular complexity index is 991. The van der Waals surface area contributed by atoms with E-state index < -0.39 is 29.9 Å². The molecule has 44 heavy (non-hydrogen) atoms. The molecule has 2 aliphatic carbocycles. The average molecular weight is 625 g/mol. The van der Waals surface area contributed by atoms with Crippen LogP contribution in [-0.2, 0) is 4.74 Å². The number of allylic oxidation sites excluding steroid dienone is 2. The molecule has 7 heteroatoms. The number of rotatable bonds is 16. The summed E-state index contributed by atoms with van der Waals surface area (Å²) in [6.07, 6.45) is 22.3. The fraction of sp³-hybridized carbons (Fsp3) is 0.784. The number of unbranched alkanes of at least 4 members (excludes halogenated alkanes) is 3. The number of alkyl halides is 2. The number of hydrogen-bond acceptors (Lipinski definition) is 3. The minimum atomic E-state index is -3.11. The zero-order valence-corrected chi connectivity index (χ0v) is 27.2. The Morgan fingerprint density at radius 3 is 1.93 bits per heavy atom. The van der Waals surface area contributed by atoms with Crippen LogP contribution in [-0.4, -0.2) is 31.8 Å². The smallest absolute Gasteiger partial charge is 0.281 e. The quantitative estimate of drug-likeness (QED) is 0.104. The molecule has 1 aromatic rings. The fourth-order valence-electron chi connectivity index (χ4n) is 7.50. The molecule has 1 aliphatic heterocycles. The first-order chi connectivity index (χ1) is 21.3. The van der Waals surface area contributed by atoms with Crippen LogP contribution in [0.2, 0.25) is 0 Å². The minimum absolute atomic E-state index is 0.0894. The van der Waals surface area contributed by atoms with Crippen molar-refractivity contribution < 1.29 is 31.8 Å². The summed E-state index contributed by atoms with van der Waals surface area (Å²) in [6, 6.07) is 2.41. The Labute approximate surface area is 263 Å². The molecule has 3 aliphatic rings. The normalized spacial score (nSPS) is 28.3. The lowest BCUT2D eigenvalue weighted by molar-refractivity contribution is -0.0644. The van der Waals surface area contributed by atoms with Crippen LogP contribution < -0.4 is 9.47 Å². The molecule has 2 unspecified atom stereocenters. The van der Waals surface area contributed by atoms with Crippen LogP contribution in [0.4, 0.5) is 17.6 Å². The Kier molecular flexibility index (Phi) is 14.2. The Morgan fingerprint density at radius 2 is 1.34 bits per heavy atom. The molecule has 0 radical (unpaired) electrons. The zero-order valence-electron chi connectivity index (χ0n) is 27.2. The van der Waals surface area contributed by atoms with Gasteiger partial charge in [0.15, 0.2) is 18.1 Å². The molecule has 250 valence electrons. The molecule has 3 nitrogen and oxygen atoms in total. The molecular formula is C37H56F4O3. The van der Waals surface area contributed by atoms with Gasteiger partial charge in [-0.1, -0.05) is 51.7 Å². The van der Waals surface area contributed by atoms with Gasteiger partial charge in [0.25, 0.3) is 5.92 Å². The molecule has 2 atom stereocenters. The van der Waals surface area contributed by atoms with Crippen molar-refractivity contribution in [3.63, 3.8) is 0 Å². The average Bonchev–Trinajstić information content (AvgIpc) is 3.03. The molecule has 0 bridgehead atoms. The Morgan fingerprint density at radius 1 is 0.750 bits per heavy atom. The second kappa shape index (κ2) is 17.8. The third-order valence-electron chi connectivity index (χ3n) is 10.4. The van der Waals surface area contributed by atoms with Crippen molar-refractivity contribution in [1.29, 1.82) is 0 Å². The predicted molar refractivity (Wildman–Crippen MR) is 168 cm³/mol. The van der Waals surface area contributed by atoms with Crippen LogP contribution in [0.3, 0.4) is 0 Å². The van der Waals surface area contributed by atoms with Gasteiger partial charge in [-0.15, -0.1) is 0 Å². The number of hydrogen-bond donors (Lipinski definition) is 0. The summed E-state index contributed by atoms with van der Waals surface area (Å²) in [6.45, 7) is 4.54. The van der Waals surface area contributed by atoms with E-state index in [2.05, 4.69) is 19.1 Å². The topological polar surface area (TPSA) is 27.7 Å². The SMILES string of the molecule is CCCCCOc1ccc(OCC(F)(F)CC2CCC(/C=C/C3CCC(C4CCC(CCCC)OC4)CC3)CC2)c(F)c1F. The molecule has 3 fully saturated rings. The summed E-state index contributed by atoms with van der Waals surface area (Å²) in [7, 11) is 0. The maximum Gasteiger partial charge on any atom is 0.281 e. The summed E-state index contributed by atoms with van der Waals surface area (Å²) < 4.78 is 74.9. The van der Waals surface area contributed by atoms with Gasteiger partial charge in [0.05, 0.1) is 19.3 Å². The van der Waals surface area contributed by atoms with Crippen LogP contribution in [0.15, 0.2) is 24.3 Å². The van der Waals surface area contributed by atoms with Gasteiger partial charge in [0.1, 0.15) is 0 Å². The lowest BCUT2D eigenvalue weighted by atomic mass is 9.73. The van der Waals surface area contributed by atoms with Gasteiger partial charge in [-0.2, -0.15) is 8.78 Å². The molecule has 0 spiro atoms. The lowest BCUT2D eigenvalue weighted by Crippen LogP contribution is -2.32. The minimum Gasteiger partial charge on any atom is -0.490 e. The van der Waals surface area contributed by atoms with Gasteiger partial charge >= 0.3 is 0 Å². The highest BCUT2D eigenvalue weighted by molar-refractivity contribution is 5.35. The Balaban J connectivity index is 1.12. The van der Waals surface area contributed by atoms with Crippen LogP contribution in [0.25, 0.3) is 0 Å². The van der Waals surface area contributed by atoms with E-state index in [1.807, 2.05) is 6.92 Å². The van der Waals surface area contributed by atoms with Crippen LogP contribution in [0, 0.1) is 41.2 Å². The predicted octanol–water partition coefficient (Wildman–Crippen LogP) is 11.1. The lowest BCUT2D eigenvalue weighted by Gasteiger charge is -2.37.